The van der Waals surface area contributed by atoms with Gasteiger partial charge in [-0.2, -0.15) is 15.1 Å². The third-order valence-corrected chi connectivity index (χ3v) is 7.13. The molecule has 6 rings (SSSR count). The van der Waals surface area contributed by atoms with E-state index in [2.05, 4.69) is 58.7 Å². The van der Waals surface area contributed by atoms with Crippen LogP contribution in [0.15, 0.2) is 78.9 Å². The van der Waals surface area contributed by atoms with E-state index in [0.717, 1.165) is 66.5 Å². The highest BCUT2D eigenvalue weighted by Crippen LogP contribution is 2.34. The molecule has 0 amide bonds. The van der Waals surface area contributed by atoms with Crippen molar-refractivity contribution >= 4 is 22.8 Å². The van der Waals surface area contributed by atoms with Gasteiger partial charge in [-0.15, -0.1) is 0 Å². The van der Waals surface area contributed by atoms with Crippen molar-refractivity contribution in [2.24, 2.45) is 0 Å². The summed E-state index contributed by atoms with van der Waals surface area (Å²) < 4.78 is 12.6. The highest BCUT2D eigenvalue weighted by atomic mass is 16.5. The lowest BCUT2D eigenvalue weighted by Gasteiger charge is -2.28. The molecular formula is C31H32N6O2. The van der Waals surface area contributed by atoms with Crippen LogP contribution < -0.4 is 19.7 Å². The number of rotatable bonds is 10. The normalized spacial score (nSPS) is 12.5. The van der Waals surface area contributed by atoms with E-state index in [-0.39, 0.29) is 0 Å². The predicted octanol–water partition coefficient (Wildman–Crippen LogP) is 5.11. The van der Waals surface area contributed by atoms with E-state index < -0.39 is 0 Å². The van der Waals surface area contributed by atoms with Gasteiger partial charge in [0.15, 0.2) is 5.65 Å². The SMILES string of the molecule is COc1ccc(CCNc2nc3c4c(nn(Cc5ccccc5)c4n2)CCN3Cc2ccc(OC)cc2)cc1. The molecular weight excluding hydrogens is 488 g/mol. The second-order valence-corrected chi connectivity index (χ2v) is 9.70. The molecule has 0 radical (unpaired) electrons. The highest BCUT2D eigenvalue weighted by Gasteiger charge is 2.27. The Labute approximate surface area is 228 Å². The quantitative estimate of drug-likeness (QED) is 0.274. The van der Waals surface area contributed by atoms with E-state index in [4.69, 9.17) is 24.5 Å². The summed E-state index contributed by atoms with van der Waals surface area (Å²) in [4.78, 5) is 12.3. The number of methoxy groups -OCH3 is 2. The molecule has 5 aromatic rings. The molecule has 8 nitrogen and oxygen atoms in total. The summed E-state index contributed by atoms with van der Waals surface area (Å²) in [5.74, 6) is 3.27. The number of nitrogens with one attached hydrogen (secondary N) is 1. The van der Waals surface area contributed by atoms with Crippen LogP contribution in [0, 0.1) is 0 Å². The van der Waals surface area contributed by atoms with Gasteiger partial charge < -0.3 is 19.7 Å². The smallest absolute Gasteiger partial charge is 0.226 e. The van der Waals surface area contributed by atoms with E-state index in [1.165, 1.54) is 16.7 Å². The van der Waals surface area contributed by atoms with E-state index in [0.29, 0.717) is 12.5 Å². The van der Waals surface area contributed by atoms with Crippen LogP contribution in [0.25, 0.3) is 11.0 Å². The van der Waals surface area contributed by atoms with Crippen molar-refractivity contribution in [2.45, 2.75) is 25.9 Å². The fourth-order valence-corrected chi connectivity index (χ4v) is 5.04. The van der Waals surface area contributed by atoms with Crippen molar-refractivity contribution in [3.8, 4) is 11.5 Å². The van der Waals surface area contributed by atoms with Crippen LogP contribution in [0.5, 0.6) is 11.5 Å². The van der Waals surface area contributed by atoms with Crippen molar-refractivity contribution < 1.29 is 9.47 Å². The Morgan fingerprint density at radius 3 is 2.13 bits per heavy atom. The van der Waals surface area contributed by atoms with Crippen molar-refractivity contribution in [1.82, 2.24) is 19.7 Å². The molecule has 1 aliphatic rings. The second kappa shape index (κ2) is 11.0. The maximum atomic E-state index is 5.34. The molecule has 8 heteroatoms. The first-order chi connectivity index (χ1) is 19.2. The molecule has 3 heterocycles. The Kier molecular flexibility index (Phi) is 6.99. The van der Waals surface area contributed by atoms with E-state index in [1.807, 2.05) is 35.0 Å². The maximum Gasteiger partial charge on any atom is 0.226 e. The monoisotopic (exact) mass is 520 g/mol. The first-order valence-electron chi connectivity index (χ1n) is 13.3. The lowest BCUT2D eigenvalue weighted by molar-refractivity contribution is 0.414. The number of aromatic nitrogens is 4. The first-order valence-corrected chi connectivity index (χ1v) is 13.3. The molecule has 0 spiro atoms. The van der Waals surface area contributed by atoms with Gasteiger partial charge in [0.25, 0.3) is 0 Å². The zero-order valence-corrected chi connectivity index (χ0v) is 22.3. The average molecular weight is 521 g/mol. The summed E-state index contributed by atoms with van der Waals surface area (Å²) in [6.07, 6.45) is 1.71. The molecule has 3 aromatic carbocycles. The van der Waals surface area contributed by atoms with Crippen LogP contribution in [-0.2, 0) is 25.9 Å². The van der Waals surface area contributed by atoms with E-state index in [9.17, 15) is 0 Å². The lowest BCUT2D eigenvalue weighted by atomic mass is 10.1. The summed E-state index contributed by atoms with van der Waals surface area (Å²) in [5.41, 5.74) is 5.55. The molecule has 0 unspecified atom stereocenters. The minimum Gasteiger partial charge on any atom is -0.497 e. The second-order valence-electron chi connectivity index (χ2n) is 9.70. The topological polar surface area (TPSA) is 77.3 Å². The number of nitrogens with zero attached hydrogens (tertiary/aromatic N) is 5. The van der Waals surface area contributed by atoms with Crippen molar-refractivity contribution in [3.05, 3.63) is 101 Å². The third-order valence-electron chi connectivity index (χ3n) is 7.13. The Bertz CT molecular complexity index is 1550. The fourth-order valence-electron chi connectivity index (χ4n) is 5.04. The molecule has 0 aliphatic carbocycles. The Balaban J connectivity index is 1.31. The van der Waals surface area contributed by atoms with Gasteiger partial charge >= 0.3 is 0 Å². The summed E-state index contributed by atoms with van der Waals surface area (Å²) in [6, 6.07) is 26.8. The molecule has 0 saturated carbocycles. The van der Waals surface area contributed by atoms with Crippen LogP contribution in [0.3, 0.4) is 0 Å². The van der Waals surface area contributed by atoms with Gasteiger partial charge in [0.05, 0.1) is 31.8 Å². The first kappa shape index (κ1) is 24.7. The molecule has 198 valence electrons. The van der Waals surface area contributed by atoms with Gasteiger partial charge in [-0.25, -0.2) is 4.68 Å². The summed E-state index contributed by atoms with van der Waals surface area (Å²) in [7, 11) is 3.37. The van der Waals surface area contributed by atoms with Crippen LogP contribution in [0.4, 0.5) is 11.8 Å². The number of benzene rings is 3. The van der Waals surface area contributed by atoms with Crippen LogP contribution in [0.2, 0.25) is 0 Å². The number of ether oxygens (including phenoxy) is 2. The summed E-state index contributed by atoms with van der Waals surface area (Å²) >= 11 is 0. The zero-order valence-electron chi connectivity index (χ0n) is 22.3. The van der Waals surface area contributed by atoms with Gasteiger partial charge in [0.1, 0.15) is 17.3 Å². The molecule has 1 N–H and O–H groups in total. The largest absolute Gasteiger partial charge is 0.497 e. The minimum atomic E-state index is 0.619. The Morgan fingerprint density at radius 1 is 0.769 bits per heavy atom. The van der Waals surface area contributed by atoms with E-state index >= 15 is 0 Å². The molecule has 39 heavy (non-hydrogen) atoms. The highest BCUT2D eigenvalue weighted by molar-refractivity contribution is 5.92. The van der Waals surface area contributed by atoms with Gasteiger partial charge in [0, 0.05) is 26.1 Å². The van der Waals surface area contributed by atoms with Crippen LogP contribution in [-0.4, -0.2) is 47.1 Å². The zero-order chi connectivity index (χ0) is 26.6. The van der Waals surface area contributed by atoms with Gasteiger partial charge in [-0.05, 0) is 47.4 Å². The van der Waals surface area contributed by atoms with E-state index in [1.54, 1.807) is 14.2 Å². The molecule has 0 saturated heterocycles. The molecule has 0 fully saturated rings. The predicted molar refractivity (Wildman–Crippen MR) is 154 cm³/mol. The summed E-state index contributed by atoms with van der Waals surface area (Å²) in [6.45, 7) is 2.98. The lowest BCUT2D eigenvalue weighted by Crippen LogP contribution is -2.29. The Morgan fingerprint density at radius 2 is 1.44 bits per heavy atom. The van der Waals surface area contributed by atoms with Crippen LogP contribution >= 0.6 is 0 Å². The minimum absolute atomic E-state index is 0.619. The molecule has 0 bridgehead atoms. The fraction of sp³-hybridized carbons (Fsp3) is 0.258. The summed E-state index contributed by atoms with van der Waals surface area (Å²) in [5, 5.41) is 9.52. The van der Waals surface area contributed by atoms with Crippen molar-refractivity contribution in [3.63, 3.8) is 0 Å². The number of hydrogen-bond donors (Lipinski definition) is 1. The maximum absolute atomic E-state index is 5.34. The Hall–Kier alpha value is -4.59. The van der Waals surface area contributed by atoms with Crippen LogP contribution in [0.1, 0.15) is 22.4 Å². The van der Waals surface area contributed by atoms with Crippen molar-refractivity contribution in [1.29, 1.82) is 0 Å². The van der Waals surface area contributed by atoms with Crippen molar-refractivity contribution in [2.75, 3.05) is 37.5 Å². The molecule has 2 aromatic heterocycles. The van der Waals surface area contributed by atoms with Gasteiger partial charge in [0.2, 0.25) is 5.95 Å². The average Bonchev–Trinajstić information content (AvgIpc) is 3.33. The third kappa shape index (κ3) is 5.36. The van der Waals surface area contributed by atoms with Gasteiger partial charge in [-0.3, -0.25) is 0 Å². The van der Waals surface area contributed by atoms with Gasteiger partial charge in [-0.1, -0.05) is 54.6 Å². The molecule has 1 aliphatic heterocycles. The molecule has 0 atom stereocenters. The standard InChI is InChI=1S/C31H32N6O2/c1-38-25-12-8-22(9-13-25)16-18-32-31-33-29-28-27(17-19-36(29)20-24-10-14-26(39-2)15-11-24)35-37(30(28)34-31)21-23-6-4-3-5-7-23/h3-15H,16-21H2,1-2H3,(H,32,33,34). The number of hydrogen-bond acceptors (Lipinski definition) is 7. The number of anilines is 2.